The molecule has 88 valence electrons. The van der Waals surface area contributed by atoms with Crippen molar-refractivity contribution < 1.29 is 0 Å². The van der Waals surface area contributed by atoms with Gasteiger partial charge < -0.3 is 10.2 Å². The van der Waals surface area contributed by atoms with Crippen molar-refractivity contribution in [2.45, 2.75) is 19.3 Å². The molecule has 1 atom stereocenters. The van der Waals surface area contributed by atoms with Gasteiger partial charge in [0.15, 0.2) is 0 Å². The molecule has 1 fully saturated rings. The average Bonchev–Trinajstić information content (AvgIpc) is 2.83. The van der Waals surface area contributed by atoms with Crippen molar-refractivity contribution in [3.63, 3.8) is 0 Å². The molecule has 1 aromatic carbocycles. The van der Waals surface area contributed by atoms with Gasteiger partial charge in [0.25, 0.3) is 0 Å². The van der Waals surface area contributed by atoms with E-state index in [4.69, 9.17) is 0 Å². The summed E-state index contributed by atoms with van der Waals surface area (Å²) in [7, 11) is 2.18. The zero-order valence-corrected chi connectivity index (χ0v) is 10.2. The van der Waals surface area contributed by atoms with Crippen LogP contribution in [-0.4, -0.2) is 26.7 Å². The quantitative estimate of drug-likeness (QED) is 0.817. The van der Waals surface area contributed by atoms with Gasteiger partial charge in [-0.3, -0.25) is 0 Å². The van der Waals surface area contributed by atoms with Gasteiger partial charge in [0.05, 0.1) is 0 Å². The number of nitrogens with zero attached hydrogens (tertiary/aromatic N) is 1. The molecule has 0 spiro atoms. The third-order valence-electron chi connectivity index (χ3n) is 3.47. The Morgan fingerprint density at radius 1 is 1.31 bits per heavy atom. The van der Waals surface area contributed by atoms with Crippen molar-refractivity contribution in [3.8, 4) is 0 Å². The number of anilines is 1. The fourth-order valence-corrected chi connectivity index (χ4v) is 2.39. The van der Waals surface area contributed by atoms with Gasteiger partial charge in [-0.05, 0) is 50.4 Å². The second kappa shape index (κ2) is 5.90. The Labute approximate surface area is 98.7 Å². The van der Waals surface area contributed by atoms with Crippen LogP contribution in [0.5, 0.6) is 0 Å². The molecule has 0 aliphatic carbocycles. The predicted molar refractivity (Wildman–Crippen MR) is 69.9 cm³/mol. The number of para-hydroxylation sites is 1. The first-order chi connectivity index (χ1) is 7.86. The summed E-state index contributed by atoms with van der Waals surface area (Å²) in [5.74, 6) is 0.921. The highest BCUT2D eigenvalue weighted by Gasteiger charge is 2.13. The lowest BCUT2D eigenvalue weighted by Crippen LogP contribution is -2.19. The number of hydrogen-bond acceptors (Lipinski definition) is 2. The third kappa shape index (κ3) is 3.24. The molecule has 1 aliphatic rings. The van der Waals surface area contributed by atoms with Crippen LogP contribution in [0, 0.1) is 5.92 Å². The Hall–Kier alpha value is -1.02. The first kappa shape index (κ1) is 11.5. The van der Waals surface area contributed by atoms with Crippen molar-refractivity contribution in [1.82, 2.24) is 5.32 Å². The van der Waals surface area contributed by atoms with Crippen LogP contribution in [0.3, 0.4) is 0 Å². The van der Waals surface area contributed by atoms with Crippen LogP contribution in [0.2, 0.25) is 0 Å². The minimum atomic E-state index is 0.921. The molecule has 0 saturated carbocycles. The first-order valence-corrected chi connectivity index (χ1v) is 6.33. The topological polar surface area (TPSA) is 15.3 Å². The van der Waals surface area contributed by atoms with E-state index in [-0.39, 0.29) is 0 Å². The normalized spacial score (nSPS) is 19.9. The Balaban J connectivity index is 1.69. The van der Waals surface area contributed by atoms with E-state index in [1.165, 1.54) is 44.6 Å². The van der Waals surface area contributed by atoms with Gasteiger partial charge in [-0.1, -0.05) is 18.2 Å². The average molecular weight is 218 g/mol. The molecular weight excluding hydrogens is 196 g/mol. The van der Waals surface area contributed by atoms with E-state index in [0.717, 1.165) is 5.92 Å². The molecule has 1 aliphatic heterocycles. The molecule has 0 amide bonds. The molecule has 1 aromatic rings. The minimum absolute atomic E-state index is 0.921. The Morgan fingerprint density at radius 2 is 2.12 bits per heavy atom. The molecule has 16 heavy (non-hydrogen) atoms. The van der Waals surface area contributed by atoms with E-state index in [9.17, 15) is 0 Å². The van der Waals surface area contributed by atoms with Crippen LogP contribution in [-0.2, 0) is 0 Å². The highest BCUT2D eigenvalue weighted by atomic mass is 15.1. The van der Waals surface area contributed by atoms with Crippen LogP contribution < -0.4 is 10.2 Å². The molecule has 0 radical (unpaired) electrons. The van der Waals surface area contributed by atoms with E-state index in [2.05, 4.69) is 47.6 Å². The van der Waals surface area contributed by atoms with Crippen molar-refractivity contribution in [2.24, 2.45) is 5.92 Å². The van der Waals surface area contributed by atoms with Crippen LogP contribution in [0.1, 0.15) is 19.3 Å². The molecular formula is C14H22N2. The maximum Gasteiger partial charge on any atom is 0.0363 e. The van der Waals surface area contributed by atoms with E-state index >= 15 is 0 Å². The molecule has 0 bridgehead atoms. The van der Waals surface area contributed by atoms with Crippen LogP contribution in [0.15, 0.2) is 30.3 Å². The lowest BCUT2D eigenvalue weighted by molar-refractivity contribution is 0.511. The largest absolute Gasteiger partial charge is 0.375 e. The van der Waals surface area contributed by atoms with Crippen molar-refractivity contribution in [1.29, 1.82) is 0 Å². The molecule has 2 heteroatoms. The molecule has 1 unspecified atom stereocenters. The monoisotopic (exact) mass is 218 g/mol. The van der Waals surface area contributed by atoms with E-state index in [1.807, 2.05) is 0 Å². The summed E-state index contributed by atoms with van der Waals surface area (Å²) in [5.41, 5.74) is 1.33. The Morgan fingerprint density at radius 3 is 2.81 bits per heavy atom. The third-order valence-corrected chi connectivity index (χ3v) is 3.47. The zero-order valence-electron chi connectivity index (χ0n) is 10.2. The second-order valence-electron chi connectivity index (χ2n) is 4.76. The highest BCUT2D eigenvalue weighted by molar-refractivity contribution is 5.44. The molecule has 1 heterocycles. The highest BCUT2D eigenvalue weighted by Crippen LogP contribution is 2.16. The number of rotatable bonds is 5. The van der Waals surface area contributed by atoms with Crippen molar-refractivity contribution in [3.05, 3.63) is 30.3 Å². The minimum Gasteiger partial charge on any atom is -0.375 e. The first-order valence-electron chi connectivity index (χ1n) is 6.33. The lowest BCUT2D eigenvalue weighted by Gasteiger charge is -2.19. The van der Waals surface area contributed by atoms with Crippen LogP contribution in [0.4, 0.5) is 5.69 Å². The predicted octanol–water partition coefficient (Wildman–Crippen LogP) is 2.51. The van der Waals surface area contributed by atoms with Crippen molar-refractivity contribution in [2.75, 3.05) is 31.6 Å². The maximum absolute atomic E-state index is 3.43. The summed E-state index contributed by atoms with van der Waals surface area (Å²) in [6.45, 7) is 3.62. The summed E-state index contributed by atoms with van der Waals surface area (Å²) in [6.07, 6.45) is 4.04. The Kier molecular flexibility index (Phi) is 4.23. The Bertz CT molecular complexity index is 291. The van der Waals surface area contributed by atoms with Gasteiger partial charge in [-0.25, -0.2) is 0 Å². The van der Waals surface area contributed by atoms with Crippen LogP contribution in [0.25, 0.3) is 0 Å². The standard InChI is InChI=1S/C14H22N2/c1-16(14-7-3-2-4-8-14)11-5-6-13-9-10-15-12-13/h2-4,7-8,13,15H,5-6,9-12H2,1H3. The number of hydrogen-bond donors (Lipinski definition) is 1. The summed E-state index contributed by atoms with van der Waals surface area (Å²) < 4.78 is 0. The lowest BCUT2D eigenvalue weighted by atomic mass is 10.0. The molecule has 2 nitrogen and oxygen atoms in total. The zero-order chi connectivity index (χ0) is 11.2. The summed E-state index contributed by atoms with van der Waals surface area (Å²) in [4.78, 5) is 2.35. The van der Waals surface area contributed by atoms with E-state index in [0.29, 0.717) is 0 Å². The fraction of sp³-hybridized carbons (Fsp3) is 0.571. The maximum atomic E-state index is 3.43. The van der Waals surface area contributed by atoms with Crippen molar-refractivity contribution >= 4 is 5.69 Å². The van der Waals surface area contributed by atoms with Gasteiger partial charge in [0.1, 0.15) is 0 Å². The van der Waals surface area contributed by atoms with Gasteiger partial charge in [0.2, 0.25) is 0 Å². The number of benzene rings is 1. The SMILES string of the molecule is CN(CCCC1CCNC1)c1ccccc1. The van der Waals surface area contributed by atoms with Gasteiger partial charge in [0, 0.05) is 19.3 Å². The van der Waals surface area contributed by atoms with E-state index < -0.39 is 0 Å². The molecule has 2 rings (SSSR count). The van der Waals surface area contributed by atoms with Gasteiger partial charge >= 0.3 is 0 Å². The molecule has 1 saturated heterocycles. The summed E-state index contributed by atoms with van der Waals surface area (Å²) >= 11 is 0. The van der Waals surface area contributed by atoms with Gasteiger partial charge in [-0.2, -0.15) is 0 Å². The second-order valence-corrected chi connectivity index (χ2v) is 4.76. The van der Waals surface area contributed by atoms with Crippen LogP contribution >= 0.6 is 0 Å². The smallest absolute Gasteiger partial charge is 0.0363 e. The molecule has 1 N–H and O–H groups in total. The summed E-state index contributed by atoms with van der Waals surface area (Å²) in [5, 5.41) is 3.43. The fourth-order valence-electron chi connectivity index (χ4n) is 2.39. The summed E-state index contributed by atoms with van der Waals surface area (Å²) in [6, 6.07) is 10.6. The number of nitrogens with one attached hydrogen (secondary N) is 1. The van der Waals surface area contributed by atoms with Gasteiger partial charge in [-0.15, -0.1) is 0 Å². The van der Waals surface area contributed by atoms with E-state index in [1.54, 1.807) is 0 Å². The molecule has 0 aromatic heterocycles.